The molecule has 0 aromatic carbocycles. The molecule has 0 saturated carbocycles. The Kier molecular flexibility index (Phi) is 3.12. The number of rotatable bonds is 3. The number of aromatic nitrogens is 3. The molecule has 5 nitrogen and oxygen atoms in total. The van der Waals surface area contributed by atoms with E-state index in [0.717, 1.165) is 40.7 Å². The number of nitrogens with one attached hydrogen (secondary N) is 1. The third-order valence-electron chi connectivity index (χ3n) is 3.35. The number of amidine groups is 1. The lowest BCUT2D eigenvalue weighted by molar-refractivity contribution is 0.929. The van der Waals surface area contributed by atoms with Crippen molar-refractivity contribution in [3.05, 3.63) is 41.0 Å². The summed E-state index contributed by atoms with van der Waals surface area (Å²) < 4.78 is 1.86. The number of nitrogens with zero attached hydrogens (tertiary/aromatic N) is 4. The number of hydrogen-bond donors (Lipinski definition) is 1. The van der Waals surface area contributed by atoms with Gasteiger partial charge in [0.1, 0.15) is 5.84 Å². The zero-order chi connectivity index (χ0) is 14.2. The summed E-state index contributed by atoms with van der Waals surface area (Å²) in [7, 11) is 0. The third-order valence-corrected chi connectivity index (χ3v) is 4.48. The molecule has 1 aliphatic heterocycles. The lowest BCUT2D eigenvalue weighted by Gasteiger charge is -2.07. The van der Waals surface area contributed by atoms with Crippen molar-refractivity contribution in [1.29, 1.82) is 0 Å². The van der Waals surface area contributed by atoms with Crippen LogP contribution in [0.5, 0.6) is 0 Å². The molecule has 0 aliphatic carbocycles. The molecule has 4 rings (SSSR count). The van der Waals surface area contributed by atoms with E-state index in [1.807, 2.05) is 16.6 Å². The summed E-state index contributed by atoms with van der Waals surface area (Å²) in [5, 5.41) is 9.85. The van der Waals surface area contributed by atoms with Gasteiger partial charge in [-0.15, -0.1) is 28.0 Å². The second kappa shape index (κ2) is 5.13. The second-order valence-corrected chi connectivity index (χ2v) is 5.88. The largest absolute Gasteiger partial charge is 0.368 e. The summed E-state index contributed by atoms with van der Waals surface area (Å²) >= 11 is 7.58. The van der Waals surface area contributed by atoms with Crippen molar-refractivity contribution in [2.24, 2.45) is 4.99 Å². The maximum absolute atomic E-state index is 5.91. The Labute approximate surface area is 130 Å². The quantitative estimate of drug-likeness (QED) is 0.755. The average Bonchev–Trinajstić information content (AvgIpc) is 3.25. The molecule has 1 N–H and O–H groups in total. The van der Waals surface area contributed by atoms with Gasteiger partial charge in [-0.2, -0.15) is 0 Å². The highest BCUT2D eigenvalue weighted by Crippen LogP contribution is 2.26. The van der Waals surface area contributed by atoms with Crippen molar-refractivity contribution in [1.82, 2.24) is 19.9 Å². The van der Waals surface area contributed by atoms with Crippen LogP contribution >= 0.6 is 22.9 Å². The van der Waals surface area contributed by atoms with E-state index in [-0.39, 0.29) is 0 Å². The van der Waals surface area contributed by atoms with Gasteiger partial charge >= 0.3 is 0 Å². The van der Waals surface area contributed by atoms with E-state index in [1.54, 1.807) is 11.3 Å². The first kappa shape index (κ1) is 12.8. The molecular weight excluding hydrogens is 306 g/mol. The van der Waals surface area contributed by atoms with Crippen LogP contribution in [0.15, 0.2) is 34.6 Å². The number of pyridine rings is 1. The molecular formula is C14H12ClN5S. The van der Waals surface area contributed by atoms with E-state index in [9.17, 15) is 0 Å². The summed E-state index contributed by atoms with van der Waals surface area (Å²) in [5.41, 5.74) is 2.78. The summed E-state index contributed by atoms with van der Waals surface area (Å²) in [5.74, 6) is 1.80. The van der Waals surface area contributed by atoms with E-state index in [0.29, 0.717) is 11.7 Å². The molecule has 4 heterocycles. The van der Waals surface area contributed by atoms with Gasteiger partial charge in [0.05, 0.1) is 28.6 Å². The standard InChI is InChI=1S/C14H12ClN5S/c15-8-12-18-14-9(13-16-5-6-17-13)3-4-10(20(14)19-12)11-2-1-7-21-11/h1-4,7H,5-6,8H2,(H,16,17). The molecule has 0 atom stereocenters. The van der Waals surface area contributed by atoms with Crippen molar-refractivity contribution < 1.29 is 0 Å². The zero-order valence-electron chi connectivity index (χ0n) is 11.1. The maximum atomic E-state index is 5.91. The minimum atomic E-state index is 0.297. The Morgan fingerprint density at radius 1 is 1.33 bits per heavy atom. The lowest BCUT2D eigenvalue weighted by atomic mass is 10.2. The van der Waals surface area contributed by atoms with E-state index >= 15 is 0 Å². The molecule has 0 saturated heterocycles. The highest BCUT2D eigenvalue weighted by molar-refractivity contribution is 7.13. The van der Waals surface area contributed by atoms with Gasteiger partial charge in [0.2, 0.25) is 0 Å². The molecule has 0 fully saturated rings. The number of alkyl halides is 1. The monoisotopic (exact) mass is 317 g/mol. The Bertz CT molecular complexity index is 821. The normalized spacial score (nSPS) is 14.4. The highest BCUT2D eigenvalue weighted by Gasteiger charge is 2.18. The fourth-order valence-corrected chi connectivity index (χ4v) is 3.28. The smallest absolute Gasteiger partial charge is 0.167 e. The first-order valence-electron chi connectivity index (χ1n) is 6.64. The molecule has 3 aromatic rings. The zero-order valence-corrected chi connectivity index (χ0v) is 12.7. The van der Waals surface area contributed by atoms with E-state index in [4.69, 9.17) is 11.6 Å². The number of aliphatic imine (C=N–C) groups is 1. The summed E-state index contributed by atoms with van der Waals surface area (Å²) in [4.78, 5) is 10.2. The van der Waals surface area contributed by atoms with Crippen molar-refractivity contribution >= 4 is 34.4 Å². The van der Waals surface area contributed by atoms with Crippen LogP contribution in [0.1, 0.15) is 11.4 Å². The summed E-state index contributed by atoms with van der Waals surface area (Å²) in [6.07, 6.45) is 0. The van der Waals surface area contributed by atoms with Crippen molar-refractivity contribution in [2.45, 2.75) is 5.88 Å². The summed E-state index contributed by atoms with van der Waals surface area (Å²) in [6.45, 7) is 1.66. The second-order valence-electron chi connectivity index (χ2n) is 4.66. The van der Waals surface area contributed by atoms with Gasteiger partial charge in [-0.1, -0.05) is 6.07 Å². The van der Waals surface area contributed by atoms with Crippen LogP contribution in [0.2, 0.25) is 0 Å². The van der Waals surface area contributed by atoms with E-state index < -0.39 is 0 Å². The first-order chi connectivity index (χ1) is 10.4. The van der Waals surface area contributed by atoms with E-state index in [1.165, 1.54) is 0 Å². The van der Waals surface area contributed by atoms with Crippen LogP contribution in [0, 0.1) is 0 Å². The average molecular weight is 318 g/mol. The third kappa shape index (κ3) is 2.11. The molecule has 0 unspecified atom stereocenters. The van der Waals surface area contributed by atoms with Gasteiger partial charge in [0.15, 0.2) is 11.5 Å². The molecule has 0 amide bonds. The van der Waals surface area contributed by atoms with Crippen LogP contribution in [0.3, 0.4) is 0 Å². The topological polar surface area (TPSA) is 54.6 Å². The summed E-state index contributed by atoms with van der Waals surface area (Å²) in [6, 6.07) is 8.21. The number of thiophene rings is 1. The van der Waals surface area contributed by atoms with Gasteiger partial charge in [0.25, 0.3) is 0 Å². The van der Waals surface area contributed by atoms with Crippen LogP contribution in [-0.2, 0) is 5.88 Å². The molecule has 7 heteroatoms. The van der Waals surface area contributed by atoms with Gasteiger partial charge in [-0.05, 0) is 23.6 Å². The fourth-order valence-electron chi connectivity index (χ4n) is 2.44. The number of halogens is 1. The molecule has 0 bridgehead atoms. The van der Waals surface area contributed by atoms with Crippen LogP contribution in [0.4, 0.5) is 0 Å². The SMILES string of the molecule is ClCc1nc2c(C3=NCCN3)ccc(-c3cccs3)n2n1. The van der Waals surface area contributed by atoms with Gasteiger partial charge < -0.3 is 5.32 Å². The predicted octanol–water partition coefficient (Wildman–Crippen LogP) is 2.55. The van der Waals surface area contributed by atoms with Crippen LogP contribution in [-0.4, -0.2) is 33.5 Å². The van der Waals surface area contributed by atoms with E-state index in [2.05, 4.69) is 37.9 Å². The minimum Gasteiger partial charge on any atom is -0.368 e. The Balaban J connectivity index is 1.98. The van der Waals surface area contributed by atoms with Crippen molar-refractivity contribution in [3.63, 3.8) is 0 Å². The molecule has 0 spiro atoms. The van der Waals surface area contributed by atoms with Crippen molar-refractivity contribution in [2.75, 3.05) is 13.1 Å². The molecule has 21 heavy (non-hydrogen) atoms. The molecule has 0 radical (unpaired) electrons. The van der Waals surface area contributed by atoms with Crippen molar-refractivity contribution in [3.8, 4) is 10.6 Å². The molecule has 106 valence electrons. The van der Waals surface area contributed by atoms with Gasteiger partial charge in [-0.3, -0.25) is 4.99 Å². The maximum Gasteiger partial charge on any atom is 0.167 e. The highest BCUT2D eigenvalue weighted by atomic mass is 35.5. The van der Waals surface area contributed by atoms with Crippen LogP contribution in [0.25, 0.3) is 16.2 Å². The fraction of sp³-hybridized carbons (Fsp3) is 0.214. The Hall–Kier alpha value is -1.92. The number of fused-ring (bicyclic) bond motifs is 1. The number of hydrogen-bond acceptors (Lipinski definition) is 5. The van der Waals surface area contributed by atoms with Gasteiger partial charge in [-0.25, -0.2) is 9.50 Å². The molecule has 1 aliphatic rings. The Morgan fingerprint density at radius 2 is 2.29 bits per heavy atom. The predicted molar refractivity (Wildman–Crippen MR) is 85.3 cm³/mol. The Morgan fingerprint density at radius 3 is 3.00 bits per heavy atom. The molecule has 3 aromatic heterocycles. The van der Waals surface area contributed by atoms with Gasteiger partial charge in [0, 0.05) is 6.54 Å². The lowest BCUT2D eigenvalue weighted by Crippen LogP contribution is -2.20. The minimum absolute atomic E-state index is 0.297. The van der Waals surface area contributed by atoms with Crippen LogP contribution < -0.4 is 5.32 Å². The first-order valence-corrected chi connectivity index (χ1v) is 8.05.